The van der Waals surface area contributed by atoms with Gasteiger partial charge >= 0.3 is 0 Å². The number of carbonyl (C=O) groups excluding carboxylic acids is 1. The van der Waals surface area contributed by atoms with Gasteiger partial charge in [0.25, 0.3) is 0 Å². The van der Waals surface area contributed by atoms with Crippen LogP contribution in [0.15, 0.2) is 67.3 Å². The maximum Gasteiger partial charge on any atom is 0.133 e. The molecule has 1 unspecified atom stereocenters. The number of hydrogen-bond acceptors (Lipinski definition) is 4. The van der Waals surface area contributed by atoms with Crippen LogP contribution in [0.2, 0.25) is 0 Å². The lowest BCUT2D eigenvalue weighted by atomic mass is 9.97. The average molecular weight is 397 g/mol. The molecule has 2 aromatic carbocycles. The van der Waals surface area contributed by atoms with Crippen LogP contribution in [0.4, 0.5) is 0 Å². The summed E-state index contributed by atoms with van der Waals surface area (Å²) in [6.45, 7) is 6.07. The summed E-state index contributed by atoms with van der Waals surface area (Å²) in [5.41, 5.74) is 2.24. The SMILES string of the molecule is C=CCC(COCc1ccccc1)CC(=O)CCCOCc1ccc(OC)cc1. The molecule has 4 nitrogen and oxygen atoms in total. The molecule has 0 radical (unpaired) electrons. The van der Waals surface area contributed by atoms with E-state index in [0.29, 0.717) is 39.3 Å². The van der Waals surface area contributed by atoms with Crippen LogP contribution < -0.4 is 4.74 Å². The second kappa shape index (κ2) is 13.7. The number of carbonyl (C=O) groups is 1. The first-order chi connectivity index (χ1) is 14.2. The van der Waals surface area contributed by atoms with Gasteiger partial charge in [-0.3, -0.25) is 4.79 Å². The van der Waals surface area contributed by atoms with E-state index in [9.17, 15) is 4.79 Å². The number of ether oxygens (including phenoxy) is 3. The molecule has 29 heavy (non-hydrogen) atoms. The first-order valence-electron chi connectivity index (χ1n) is 10.2. The number of Topliss-reactive ketones (excluding diaryl/α,β-unsaturated/α-hetero) is 1. The molecule has 0 saturated carbocycles. The largest absolute Gasteiger partial charge is 0.497 e. The van der Waals surface area contributed by atoms with Crippen molar-refractivity contribution in [3.05, 3.63) is 78.4 Å². The molecule has 0 aromatic heterocycles. The summed E-state index contributed by atoms with van der Waals surface area (Å²) >= 11 is 0. The molecule has 2 aromatic rings. The summed E-state index contributed by atoms with van der Waals surface area (Å²) in [6, 6.07) is 17.9. The summed E-state index contributed by atoms with van der Waals surface area (Å²) in [4.78, 5) is 12.3. The fourth-order valence-electron chi connectivity index (χ4n) is 3.07. The summed E-state index contributed by atoms with van der Waals surface area (Å²) in [5.74, 6) is 1.28. The Morgan fingerprint density at radius 2 is 1.69 bits per heavy atom. The van der Waals surface area contributed by atoms with E-state index in [1.54, 1.807) is 7.11 Å². The van der Waals surface area contributed by atoms with Gasteiger partial charge < -0.3 is 14.2 Å². The van der Waals surface area contributed by atoms with Crippen LogP contribution >= 0.6 is 0 Å². The molecule has 2 rings (SSSR count). The number of ketones is 1. The fourth-order valence-corrected chi connectivity index (χ4v) is 3.07. The molecule has 0 amide bonds. The van der Waals surface area contributed by atoms with Crippen molar-refractivity contribution in [2.24, 2.45) is 5.92 Å². The fraction of sp³-hybridized carbons (Fsp3) is 0.400. The smallest absolute Gasteiger partial charge is 0.133 e. The first-order valence-corrected chi connectivity index (χ1v) is 10.2. The van der Waals surface area contributed by atoms with Crippen LogP contribution in [0.1, 0.15) is 36.8 Å². The van der Waals surface area contributed by atoms with E-state index in [1.165, 1.54) is 0 Å². The molecule has 0 saturated heterocycles. The molecule has 0 fully saturated rings. The van der Waals surface area contributed by atoms with Crippen molar-refractivity contribution < 1.29 is 19.0 Å². The predicted molar refractivity (Wildman–Crippen MR) is 116 cm³/mol. The van der Waals surface area contributed by atoms with E-state index in [1.807, 2.05) is 60.7 Å². The highest BCUT2D eigenvalue weighted by atomic mass is 16.5. The summed E-state index contributed by atoms with van der Waals surface area (Å²) in [5, 5.41) is 0. The van der Waals surface area contributed by atoms with Crippen LogP contribution in [-0.4, -0.2) is 26.1 Å². The molecular formula is C25H32O4. The van der Waals surface area contributed by atoms with E-state index in [2.05, 4.69) is 6.58 Å². The van der Waals surface area contributed by atoms with Gasteiger partial charge in [0.05, 0.1) is 26.9 Å². The van der Waals surface area contributed by atoms with Crippen molar-refractivity contribution in [2.45, 2.75) is 38.9 Å². The monoisotopic (exact) mass is 396 g/mol. The van der Waals surface area contributed by atoms with Gasteiger partial charge in [-0.25, -0.2) is 0 Å². The second-order valence-electron chi connectivity index (χ2n) is 7.14. The molecular weight excluding hydrogens is 364 g/mol. The van der Waals surface area contributed by atoms with Crippen molar-refractivity contribution in [3.8, 4) is 5.75 Å². The Morgan fingerprint density at radius 1 is 1.00 bits per heavy atom. The lowest BCUT2D eigenvalue weighted by Crippen LogP contribution is -2.14. The Hall–Kier alpha value is -2.43. The molecule has 0 N–H and O–H groups in total. The zero-order valence-electron chi connectivity index (χ0n) is 17.3. The van der Waals surface area contributed by atoms with Crippen molar-refractivity contribution in [1.82, 2.24) is 0 Å². The molecule has 0 heterocycles. The zero-order valence-corrected chi connectivity index (χ0v) is 17.3. The number of hydrogen-bond donors (Lipinski definition) is 0. The minimum atomic E-state index is 0.184. The van der Waals surface area contributed by atoms with Crippen molar-refractivity contribution in [3.63, 3.8) is 0 Å². The van der Waals surface area contributed by atoms with E-state index in [-0.39, 0.29) is 11.7 Å². The van der Waals surface area contributed by atoms with E-state index >= 15 is 0 Å². The summed E-state index contributed by atoms with van der Waals surface area (Å²) < 4.78 is 16.6. The van der Waals surface area contributed by atoms with Crippen molar-refractivity contribution in [1.29, 1.82) is 0 Å². The Balaban J connectivity index is 1.60. The molecule has 0 spiro atoms. The Labute approximate surface area is 174 Å². The quantitative estimate of drug-likeness (QED) is 0.300. The number of methoxy groups -OCH3 is 1. The van der Waals surface area contributed by atoms with Gasteiger partial charge in [0.2, 0.25) is 0 Å². The lowest BCUT2D eigenvalue weighted by Gasteiger charge is -2.15. The minimum absolute atomic E-state index is 0.184. The first kappa shape index (κ1) is 22.9. The maximum absolute atomic E-state index is 12.3. The van der Waals surface area contributed by atoms with Gasteiger partial charge in [0.1, 0.15) is 11.5 Å². The Bertz CT molecular complexity index is 709. The summed E-state index contributed by atoms with van der Waals surface area (Å²) in [7, 11) is 1.65. The predicted octanol–water partition coefficient (Wildman–Crippen LogP) is 5.36. The van der Waals surface area contributed by atoms with E-state index in [0.717, 1.165) is 29.7 Å². The molecule has 0 aliphatic heterocycles. The van der Waals surface area contributed by atoms with E-state index in [4.69, 9.17) is 14.2 Å². The highest BCUT2D eigenvalue weighted by Crippen LogP contribution is 2.15. The van der Waals surface area contributed by atoms with Crippen LogP contribution in [0.5, 0.6) is 5.75 Å². The van der Waals surface area contributed by atoms with Crippen molar-refractivity contribution >= 4 is 5.78 Å². The third kappa shape index (κ3) is 9.55. The van der Waals surface area contributed by atoms with Crippen LogP contribution in [-0.2, 0) is 27.5 Å². The van der Waals surface area contributed by atoms with Gasteiger partial charge in [-0.15, -0.1) is 6.58 Å². The summed E-state index contributed by atoms with van der Waals surface area (Å²) in [6.07, 6.45) is 4.45. The highest BCUT2D eigenvalue weighted by molar-refractivity contribution is 5.78. The third-order valence-corrected chi connectivity index (χ3v) is 4.65. The zero-order chi connectivity index (χ0) is 20.7. The Morgan fingerprint density at radius 3 is 2.38 bits per heavy atom. The van der Waals surface area contributed by atoms with Gasteiger partial charge in [-0.1, -0.05) is 48.5 Å². The molecule has 1 atom stereocenters. The molecule has 0 aliphatic carbocycles. The van der Waals surface area contributed by atoms with Crippen LogP contribution in [0.25, 0.3) is 0 Å². The maximum atomic E-state index is 12.3. The standard InChI is InChI=1S/C25H32O4/c1-3-8-23(20-29-19-21-9-5-4-6-10-21)17-24(26)11-7-16-28-18-22-12-14-25(27-2)15-13-22/h3-6,9-10,12-15,23H,1,7-8,11,16-20H2,2H3. The minimum Gasteiger partial charge on any atom is -0.497 e. The number of benzene rings is 2. The van der Waals surface area contributed by atoms with Crippen molar-refractivity contribution in [2.75, 3.05) is 20.3 Å². The normalized spacial score (nSPS) is 11.8. The molecule has 156 valence electrons. The number of allylic oxidation sites excluding steroid dienone is 1. The third-order valence-electron chi connectivity index (χ3n) is 4.65. The van der Waals surface area contributed by atoms with Gasteiger partial charge in [0.15, 0.2) is 0 Å². The van der Waals surface area contributed by atoms with Crippen LogP contribution in [0.3, 0.4) is 0 Å². The van der Waals surface area contributed by atoms with E-state index < -0.39 is 0 Å². The molecule has 0 aliphatic rings. The number of rotatable bonds is 15. The molecule has 0 bridgehead atoms. The average Bonchev–Trinajstić information content (AvgIpc) is 2.75. The highest BCUT2D eigenvalue weighted by Gasteiger charge is 2.13. The van der Waals surface area contributed by atoms with Crippen LogP contribution in [0, 0.1) is 5.92 Å². The van der Waals surface area contributed by atoms with Gasteiger partial charge in [0, 0.05) is 19.4 Å². The second-order valence-corrected chi connectivity index (χ2v) is 7.14. The topological polar surface area (TPSA) is 44.8 Å². The lowest BCUT2D eigenvalue weighted by molar-refractivity contribution is -0.120. The molecule has 4 heteroatoms. The van der Waals surface area contributed by atoms with Gasteiger partial charge in [-0.2, -0.15) is 0 Å². The Kier molecular flexibility index (Phi) is 10.8. The van der Waals surface area contributed by atoms with Gasteiger partial charge in [-0.05, 0) is 42.0 Å².